The Morgan fingerprint density at radius 3 is 2.50 bits per heavy atom. The Morgan fingerprint density at radius 2 is 1.71 bits per heavy atom. The summed E-state index contributed by atoms with van der Waals surface area (Å²) in [5.41, 5.74) is 2.61. The summed E-state index contributed by atoms with van der Waals surface area (Å²) in [7, 11) is 0. The number of likely N-dealkylation sites (tertiary alicyclic amines) is 1. The number of pyridine rings is 2. The number of carbonyl (C=O) groups excluding carboxylic acids is 1. The first-order valence-corrected chi connectivity index (χ1v) is 11.2. The summed E-state index contributed by atoms with van der Waals surface area (Å²) in [5, 5.41) is 0.929. The van der Waals surface area contributed by atoms with Crippen LogP contribution in [0, 0.1) is 0 Å². The van der Waals surface area contributed by atoms with Crippen molar-refractivity contribution in [2.24, 2.45) is 0 Å². The van der Waals surface area contributed by atoms with Gasteiger partial charge in [0, 0.05) is 47.4 Å². The fourth-order valence-electron chi connectivity index (χ4n) is 4.46. The SMILES string of the molecule is O=C(c1ccc2ncccc2c1)N1CCC(c2cccc(-c3cccc(C(F)(F)F)c3)n2)CC1. The van der Waals surface area contributed by atoms with E-state index in [2.05, 4.69) is 9.97 Å². The smallest absolute Gasteiger partial charge is 0.339 e. The molecule has 0 unspecified atom stereocenters. The second-order valence-corrected chi connectivity index (χ2v) is 8.50. The molecule has 0 spiro atoms. The molecule has 2 aromatic heterocycles. The van der Waals surface area contributed by atoms with Gasteiger partial charge in [-0.05, 0) is 61.4 Å². The van der Waals surface area contributed by atoms with Crippen LogP contribution in [0.1, 0.15) is 40.4 Å². The predicted octanol–water partition coefficient (Wildman–Crippen LogP) is 6.34. The summed E-state index contributed by atoms with van der Waals surface area (Å²) in [4.78, 5) is 23.9. The lowest BCUT2D eigenvalue weighted by atomic mass is 9.92. The normalized spacial score (nSPS) is 15.0. The Kier molecular flexibility index (Phi) is 5.77. The summed E-state index contributed by atoms with van der Waals surface area (Å²) >= 11 is 0. The van der Waals surface area contributed by atoms with Gasteiger partial charge in [-0.3, -0.25) is 14.8 Å². The zero-order valence-electron chi connectivity index (χ0n) is 18.3. The minimum Gasteiger partial charge on any atom is -0.339 e. The third-order valence-electron chi connectivity index (χ3n) is 6.31. The van der Waals surface area contributed by atoms with Crippen LogP contribution in [0.4, 0.5) is 13.2 Å². The highest BCUT2D eigenvalue weighted by atomic mass is 19.4. The fraction of sp³-hybridized carbons (Fsp3) is 0.222. The van der Waals surface area contributed by atoms with Gasteiger partial charge in [0.05, 0.1) is 16.8 Å². The second-order valence-electron chi connectivity index (χ2n) is 8.50. The van der Waals surface area contributed by atoms with Crippen molar-refractivity contribution < 1.29 is 18.0 Å². The molecule has 5 rings (SSSR count). The van der Waals surface area contributed by atoms with E-state index in [4.69, 9.17) is 0 Å². The minimum absolute atomic E-state index is 0.00474. The number of nitrogens with zero attached hydrogens (tertiary/aromatic N) is 3. The van der Waals surface area contributed by atoms with Crippen molar-refractivity contribution in [2.45, 2.75) is 24.9 Å². The number of alkyl halides is 3. The Balaban J connectivity index is 1.29. The monoisotopic (exact) mass is 461 g/mol. The number of hydrogen-bond acceptors (Lipinski definition) is 3. The Bertz CT molecular complexity index is 1340. The molecule has 34 heavy (non-hydrogen) atoms. The molecular weight excluding hydrogens is 439 g/mol. The minimum atomic E-state index is -4.39. The molecule has 4 aromatic rings. The van der Waals surface area contributed by atoms with Crippen LogP contribution in [-0.4, -0.2) is 33.9 Å². The van der Waals surface area contributed by atoms with Crippen LogP contribution in [0.25, 0.3) is 22.2 Å². The summed E-state index contributed by atoms with van der Waals surface area (Å²) in [5.74, 6) is 0.144. The van der Waals surface area contributed by atoms with Gasteiger partial charge < -0.3 is 4.90 Å². The average Bonchev–Trinajstić information content (AvgIpc) is 2.88. The van der Waals surface area contributed by atoms with Crippen molar-refractivity contribution in [2.75, 3.05) is 13.1 Å². The Morgan fingerprint density at radius 1 is 0.912 bits per heavy atom. The standard InChI is InChI=1S/C27H22F3N3O/c28-27(29,30)22-6-1-4-20(17-22)25-8-2-7-24(32-25)18-11-14-33(15-12-18)26(34)21-9-10-23-19(16-21)5-3-13-31-23/h1-10,13,16-18H,11-12,14-15H2. The van der Waals surface area contributed by atoms with Gasteiger partial charge in [0.25, 0.3) is 5.91 Å². The molecule has 4 nitrogen and oxygen atoms in total. The molecule has 0 bridgehead atoms. The number of halogens is 3. The summed E-state index contributed by atoms with van der Waals surface area (Å²) in [6.45, 7) is 1.20. The number of carbonyl (C=O) groups is 1. The first-order valence-electron chi connectivity index (χ1n) is 11.2. The summed E-state index contributed by atoms with van der Waals surface area (Å²) in [6.07, 6.45) is -1.17. The molecule has 7 heteroatoms. The van der Waals surface area contributed by atoms with E-state index in [1.54, 1.807) is 18.3 Å². The fourth-order valence-corrected chi connectivity index (χ4v) is 4.46. The van der Waals surface area contributed by atoms with Gasteiger partial charge in [0.15, 0.2) is 0 Å². The van der Waals surface area contributed by atoms with Crippen LogP contribution in [-0.2, 0) is 6.18 Å². The molecular formula is C27H22F3N3O. The second kappa shape index (κ2) is 8.89. The molecule has 3 heterocycles. The third kappa shape index (κ3) is 4.51. The first-order chi connectivity index (χ1) is 16.4. The van der Waals surface area contributed by atoms with E-state index < -0.39 is 11.7 Å². The van der Waals surface area contributed by atoms with Gasteiger partial charge in [-0.25, -0.2) is 0 Å². The number of hydrogen-bond donors (Lipinski definition) is 0. The summed E-state index contributed by atoms with van der Waals surface area (Å²) < 4.78 is 39.3. The molecule has 1 aliphatic heterocycles. The molecule has 1 amide bonds. The lowest BCUT2D eigenvalue weighted by Crippen LogP contribution is -2.38. The van der Waals surface area contributed by atoms with Gasteiger partial charge in [-0.2, -0.15) is 13.2 Å². The van der Waals surface area contributed by atoms with E-state index in [0.29, 0.717) is 29.9 Å². The zero-order chi connectivity index (χ0) is 23.7. The van der Waals surface area contributed by atoms with Gasteiger partial charge >= 0.3 is 6.18 Å². The first kappa shape index (κ1) is 22.1. The van der Waals surface area contributed by atoms with Crippen LogP contribution in [0.15, 0.2) is 79.0 Å². The van der Waals surface area contributed by atoms with E-state index in [1.807, 2.05) is 47.4 Å². The van der Waals surface area contributed by atoms with E-state index >= 15 is 0 Å². The molecule has 0 aliphatic carbocycles. The van der Waals surface area contributed by atoms with Crippen LogP contribution >= 0.6 is 0 Å². The Hall–Kier alpha value is -3.74. The molecule has 1 aliphatic rings. The van der Waals surface area contributed by atoms with E-state index in [0.717, 1.165) is 41.6 Å². The molecule has 172 valence electrons. The average molecular weight is 461 g/mol. The number of benzene rings is 2. The van der Waals surface area contributed by atoms with Gasteiger partial charge in [-0.15, -0.1) is 0 Å². The topological polar surface area (TPSA) is 46.1 Å². The largest absolute Gasteiger partial charge is 0.416 e. The molecule has 2 aromatic carbocycles. The lowest BCUT2D eigenvalue weighted by Gasteiger charge is -2.32. The van der Waals surface area contributed by atoms with Crippen molar-refractivity contribution in [1.82, 2.24) is 14.9 Å². The predicted molar refractivity (Wildman–Crippen MR) is 124 cm³/mol. The van der Waals surface area contributed by atoms with Crippen LogP contribution in [0.5, 0.6) is 0 Å². The number of fused-ring (bicyclic) bond motifs is 1. The van der Waals surface area contributed by atoms with E-state index in [-0.39, 0.29) is 11.8 Å². The maximum absolute atomic E-state index is 13.1. The number of amides is 1. The quantitative estimate of drug-likeness (QED) is 0.358. The third-order valence-corrected chi connectivity index (χ3v) is 6.31. The highest BCUT2D eigenvalue weighted by Gasteiger charge is 2.31. The van der Waals surface area contributed by atoms with Crippen molar-refractivity contribution in [1.29, 1.82) is 0 Å². The van der Waals surface area contributed by atoms with Crippen LogP contribution < -0.4 is 0 Å². The number of aromatic nitrogens is 2. The van der Waals surface area contributed by atoms with Crippen LogP contribution in [0.2, 0.25) is 0 Å². The molecule has 1 saturated heterocycles. The van der Waals surface area contributed by atoms with Gasteiger partial charge in [0.1, 0.15) is 0 Å². The van der Waals surface area contributed by atoms with Gasteiger partial charge in [0.2, 0.25) is 0 Å². The summed E-state index contributed by atoms with van der Waals surface area (Å²) in [6, 6.07) is 20.0. The maximum Gasteiger partial charge on any atom is 0.416 e. The number of rotatable bonds is 3. The molecule has 0 atom stereocenters. The van der Waals surface area contributed by atoms with E-state index in [1.165, 1.54) is 6.07 Å². The molecule has 0 saturated carbocycles. The molecule has 0 N–H and O–H groups in total. The van der Waals surface area contributed by atoms with Crippen molar-refractivity contribution >= 4 is 16.8 Å². The van der Waals surface area contributed by atoms with Crippen molar-refractivity contribution in [3.8, 4) is 11.3 Å². The molecule has 0 radical (unpaired) electrons. The van der Waals surface area contributed by atoms with Crippen molar-refractivity contribution in [3.05, 3.63) is 95.8 Å². The number of piperidine rings is 1. The highest BCUT2D eigenvalue weighted by molar-refractivity contribution is 5.98. The lowest BCUT2D eigenvalue weighted by molar-refractivity contribution is -0.137. The van der Waals surface area contributed by atoms with Gasteiger partial charge in [-0.1, -0.05) is 24.3 Å². The van der Waals surface area contributed by atoms with Crippen molar-refractivity contribution in [3.63, 3.8) is 0 Å². The Labute approximate surface area is 195 Å². The molecule has 1 fully saturated rings. The maximum atomic E-state index is 13.1. The highest BCUT2D eigenvalue weighted by Crippen LogP contribution is 2.33. The van der Waals surface area contributed by atoms with E-state index in [9.17, 15) is 18.0 Å². The van der Waals surface area contributed by atoms with Crippen LogP contribution in [0.3, 0.4) is 0 Å². The zero-order valence-corrected chi connectivity index (χ0v) is 18.3.